The van der Waals surface area contributed by atoms with Crippen LogP contribution in [-0.2, 0) is 0 Å². The monoisotopic (exact) mass is 368 g/mol. The van der Waals surface area contributed by atoms with E-state index in [1.54, 1.807) is 11.8 Å². The third-order valence-corrected chi connectivity index (χ3v) is 4.11. The van der Waals surface area contributed by atoms with Crippen LogP contribution >= 0.6 is 43.6 Å². The highest BCUT2D eigenvalue weighted by molar-refractivity contribution is 9.10. The summed E-state index contributed by atoms with van der Waals surface area (Å²) < 4.78 is 2.18. The molecule has 0 nitrogen and oxygen atoms in total. The summed E-state index contributed by atoms with van der Waals surface area (Å²) in [7, 11) is 0. The summed E-state index contributed by atoms with van der Waals surface area (Å²) in [6, 6.07) is 14.6. The lowest BCUT2D eigenvalue weighted by molar-refractivity contribution is 1.43. The minimum absolute atomic E-state index is 1.09. The maximum absolute atomic E-state index is 3.77. The summed E-state index contributed by atoms with van der Waals surface area (Å²) in [5, 5.41) is 1.85. The van der Waals surface area contributed by atoms with Gasteiger partial charge in [-0.15, -0.1) is 0 Å². The summed E-state index contributed by atoms with van der Waals surface area (Å²) in [5.41, 5.74) is 2.43. The number of halogens is 2. The van der Waals surface area contributed by atoms with Gasteiger partial charge in [0.15, 0.2) is 0 Å². The van der Waals surface area contributed by atoms with Crippen LogP contribution in [0.5, 0.6) is 0 Å². The molecule has 17 heavy (non-hydrogen) atoms. The minimum Gasteiger partial charge on any atom is -0.0980 e. The fourth-order valence-electron chi connectivity index (χ4n) is 1.55. The maximum Gasteiger partial charge on any atom is 0.0195 e. The van der Waals surface area contributed by atoms with Crippen molar-refractivity contribution in [2.24, 2.45) is 0 Å². The lowest BCUT2D eigenvalue weighted by atomic mass is 10.1. The van der Waals surface area contributed by atoms with Gasteiger partial charge in [0, 0.05) is 13.8 Å². The van der Waals surface area contributed by atoms with Gasteiger partial charge in [0.05, 0.1) is 0 Å². The average Bonchev–Trinajstić information content (AvgIpc) is 2.33. The lowest BCUT2D eigenvalue weighted by Crippen LogP contribution is -1.82. The smallest absolute Gasteiger partial charge is 0.0195 e. The zero-order chi connectivity index (χ0) is 12.3. The van der Waals surface area contributed by atoms with Crippen molar-refractivity contribution in [3.05, 3.63) is 63.4 Å². The molecule has 0 saturated heterocycles. The van der Waals surface area contributed by atoms with Crippen LogP contribution in [-0.4, -0.2) is 0 Å². The van der Waals surface area contributed by atoms with E-state index in [2.05, 4.69) is 74.8 Å². The predicted octanol–water partition coefficient (Wildman–Crippen LogP) is 6.11. The van der Waals surface area contributed by atoms with Crippen LogP contribution in [0, 0.1) is 0 Å². The third-order valence-electron chi connectivity index (χ3n) is 2.31. The van der Waals surface area contributed by atoms with Gasteiger partial charge in [0.25, 0.3) is 0 Å². The molecule has 2 rings (SSSR count). The fraction of sp³-hybridized carbons (Fsp3) is 0. The van der Waals surface area contributed by atoms with Gasteiger partial charge >= 0.3 is 0 Å². The second-order valence-electron chi connectivity index (χ2n) is 3.43. The Balaban J connectivity index is 2.52. The number of hydrogen-bond acceptors (Lipinski definition) is 1. The molecule has 0 radical (unpaired) electrons. The fourth-order valence-corrected chi connectivity index (χ4v) is 2.81. The molecular formula is C14H10Br2S. The molecule has 0 aliphatic rings. The van der Waals surface area contributed by atoms with Crippen LogP contribution in [0.1, 0.15) is 0 Å². The highest BCUT2D eigenvalue weighted by Crippen LogP contribution is 2.34. The van der Waals surface area contributed by atoms with Crippen molar-refractivity contribution < 1.29 is 0 Å². The summed E-state index contributed by atoms with van der Waals surface area (Å²) >= 11 is 8.61. The molecule has 0 bridgehead atoms. The Bertz CT molecular complexity index is 532. The van der Waals surface area contributed by atoms with Crippen LogP contribution < -0.4 is 0 Å². The first kappa shape index (κ1) is 12.9. The van der Waals surface area contributed by atoms with E-state index in [0.717, 1.165) is 8.95 Å². The van der Waals surface area contributed by atoms with E-state index in [-0.39, 0.29) is 0 Å². The number of rotatable bonds is 3. The molecule has 0 heterocycles. The first-order valence-electron chi connectivity index (χ1n) is 5.04. The van der Waals surface area contributed by atoms with Crippen LogP contribution in [0.3, 0.4) is 0 Å². The van der Waals surface area contributed by atoms with Crippen molar-refractivity contribution in [2.45, 2.75) is 4.90 Å². The quantitative estimate of drug-likeness (QED) is 0.587. The number of hydrogen-bond donors (Lipinski definition) is 0. The molecule has 86 valence electrons. The molecule has 0 fully saturated rings. The van der Waals surface area contributed by atoms with Crippen molar-refractivity contribution in [3.63, 3.8) is 0 Å². The molecule has 2 aromatic rings. The standard InChI is InChI=1S/C14H10Br2S/c1-2-17-14-8-7-12(16)9-13(14)10-3-5-11(15)6-4-10/h2-9H,1H2. The van der Waals surface area contributed by atoms with Crippen LogP contribution in [0.2, 0.25) is 0 Å². The molecule has 0 N–H and O–H groups in total. The minimum atomic E-state index is 1.09. The van der Waals surface area contributed by atoms with Crippen LogP contribution in [0.15, 0.2) is 68.3 Å². The first-order valence-corrected chi connectivity index (χ1v) is 7.50. The Labute approximate surface area is 122 Å². The molecule has 0 aliphatic heterocycles. The Morgan fingerprint density at radius 3 is 2.24 bits per heavy atom. The molecule has 3 heteroatoms. The van der Waals surface area contributed by atoms with Crippen molar-refractivity contribution in [2.75, 3.05) is 0 Å². The van der Waals surface area contributed by atoms with Crippen molar-refractivity contribution in [3.8, 4) is 11.1 Å². The predicted molar refractivity (Wildman–Crippen MR) is 83.3 cm³/mol. The van der Waals surface area contributed by atoms with Crippen LogP contribution in [0.25, 0.3) is 11.1 Å². The first-order chi connectivity index (χ1) is 8.20. The number of benzene rings is 2. The number of thioether (sulfide) groups is 1. The Morgan fingerprint density at radius 2 is 1.59 bits per heavy atom. The Hall–Kier alpha value is -0.510. The molecule has 0 aromatic heterocycles. The molecule has 0 aliphatic carbocycles. The second kappa shape index (κ2) is 5.89. The molecular weight excluding hydrogens is 360 g/mol. The summed E-state index contributed by atoms with van der Waals surface area (Å²) in [6.07, 6.45) is 0. The van der Waals surface area contributed by atoms with Crippen molar-refractivity contribution >= 4 is 43.6 Å². The van der Waals surface area contributed by atoms with E-state index in [1.807, 2.05) is 11.5 Å². The summed E-state index contributed by atoms with van der Waals surface area (Å²) in [5.74, 6) is 0. The Kier molecular flexibility index (Phi) is 4.48. The van der Waals surface area contributed by atoms with E-state index in [0.29, 0.717) is 0 Å². The van der Waals surface area contributed by atoms with Crippen molar-refractivity contribution in [1.29, 1.82) is 0 Å². The topological polar surface area (TPSA) is 0 Å². The van der Waals surface area contributed by atoms with E-state index >= 15 is 0 Å². The molecule has 0 saturated carbocycles. The summed E-state index contributed by atoms with van der Waals surface area (Å²) in [6.45, 7) is 3.77. The molecule has 0 spiro atoms. The normalized spacial score (nSPS) is 10.2. The van der Waals surface area contributed by atoms with Gasteiger partial charge in [-0.05, 0) is 46.9 Å². The van der Waals surface area contributed by atoms with Crippen LogP contribution in [0.4, 0.5) is 0 Å². The average molecular weight is 370 g/mol. The highest BCUT2D eigenvalue weighted by Gasteiger charge is 2.05. The van der Waals surface area contributed by atoms with E-state index < -0.39 is 0 Å². The van der Waals surface area contributed by atoms with Gasteiger partial charge in [0.2, 0.25) is 0 Å². The SMILES string of the molecule is C=CSc1ccc(Br)cc1-c1ccc(Br)cc1. The lowest BCUT2D eigenvalue weighted by Gasteiger charge is -2.08. The van der Waals surface area contributed by atoms with Gasteiger partial charge in [-0.1, -0.05) is 62.3 Å². The van der Waals surface area contributed by atoms with E-state index in [4.69, 9.17) is 0 Å². The van der Waals surface area contributed by atoms with Gasteiger partial charge in [-0.25, -0.2) is 0 Å². The van der Waals surface area contributed by atoms with Gasteiger partial charge in [-0.2, -0.15) is 0 Å². The van der Waals surface area contributed by atoms with Crippen molar-refractivity contribution in [1.82, 2.24) is 0 Å². The van der Waals surface area contributed by atoms with Gasteiger partial charge < -0.3 is 0 Å². The maximum atomic E-state index is 3.77. The largest absolute Gasteiger partial charge is 0.0980 e. The zero-order valence-electron chi connectivity index (χ0n) is 8.99. The van der Waals surface area contributed by atoms with Gasteiger partial charge in [0.1, 0.15) is 0 Å². The van der Waals surface area contributed by atoms with Gasteiger partial charge in [-0.3, -0.25) is 0 Å². The highest BCUT2D eigenvalue weighted by atomic mass is 79.9. The van der Waals surface area contributed by atoms with E-state index in [9.17, 15) is 0 Å². The summed E-state index contributed by atoms with van der Waals surface area (Å²) in [4.78, 5) is 1.21. The second-order valence-corrected chi connectivity index (χ2v) is 6.27. The zero-order valence-corrected chi connectivity index (χ0v) is 13.0. The molecule has 2 aromatic carbocycles. The molecule has 0 unspecified atom stereocenters. The third kappa shape index (κ3) is 3.24. The molecule has 0 atom stereocenters. The van der Waals surface area contributed by atoms with E-state index in [1.165, 1.54) is 16.0 Å². The Morgan fingerprint density at radius 1 is 0.941 bits per heavy atom. The molecule has 0 amide bonds.